The zero-order valence-electron chi connectivity index (χ0n) is 17.6. The van der Waals surface area contributed by atoms with E-state index in [1.807, 2.05) is 6.20 Å². The summed E-state index contributed by atoms with van der Waals surface area (Å²) in [6, 6.07) is 9.03. The smallest absolute Gasteiger partial charge is 0.163 e. The van der Waals surface area contributed by atoms with E-state index >= 15 is 0 Å². The van der Waals surface area contributed by atoms with Gasteiger partial charge < -0.3 is 30.2 Å². The summed E-state index contributed by atoms with van der Waals surface area (Å²) in [6.45, 7) is 5.32. The molecule has 2 saturated heterocycles. The number of nitrogens with one attached hydrogen (secondary N) is 1. The highest BCUT2D eigenvalue weighted by Gasteiger charge is 2.28. The molecule has 0 unspecified atom stereocenters. The average molecular weight is 408 g/mol. The summed E-state index contributed by atoms with van der Waals surface area (Å²) in [6.07, 6.45) is 2.93. The second kappa shape index (κ2) is 7.77. The van der Waals surface area contributed by atoms with Crippen molar-refractivity contribution < 1.29 is 4.74 Å². The van der Waals surface area contributed by atoms with E-state index in [1.54, 1.807) is 0 Å². The van der Waals surface area contributed by atoms with Crippen molar-refractivity contribution in [2.75, 3.05) is 69.0 Å². The normalized spacial score (nSPS) is 19.9. The summed E-state index contributed by atoms with van der Waals surface area (Å²) in [5, 5.41) is 0.920. The van der Waals surface area contributed by atoms with Gasteiger partial charge in [0.2, 0.25) is 0 Å². The molecule has 1 atom stereocenters. The molecule has 0 amide bonds. The number of benzene rings is 1. The van der Waals surface area contributed by atoms with E-state index in [9.17, 15) is 0 Å². The number of H-pyrrole nitrogens is 1. The fourth-order valence-corrected chi connectivity index (χ4v) is 4.39. The lowest BCUT2D eigenvalue weighted by Crippen LogP contribution is -2.36. The highest BCUT2D eigenvalue weighted by Crippen LogP contribution is 2.34. The lowest BCUT2D eigenvalue weighted by molar-refractivity contribution is 0.122. The van der Waals surface area contributed by atoms with E-state index in [0.717, 1.165) is 74.1 Å². The number of morpholine rings is 1. The number of ether oxygens (including phenoxy) is 1. The van der Waals surface area contributed by atoms with Gasteiger partial charge in [0.15, 0.2) is 5.82 Å². The van der Waals surface area contributed by atoms with Crippen molar-refractivity contribution >= 4 is 28.2 Å². The quantitative estimate of drug-likeness (QED) is 0.685. The van der Waals surface area contributed by atoms with Gasteiger partial charge in [0, 0.05) is 49.7 Å². The number of aromatic amines is 1. The summed E-state index contributed by atoms with van der Waals surface area (Å²) in [5.41, 5.74) is 9.97. The van der Waals surface area contributed by atoms with Gasteiger partial charge in [-0.15, -0.1) is 0 Å². The molecule has 2 aliphatic rings. The monoisotopic (exact) mass is 407 g/mol. The maximum absolute atomic E-state index is 6.27. The molecule has 0 spiro atoms. The van der Waals surface area contributed by atoms with Crippen LogP contribution in [0, 0.1) is 0 Å². The van der Waals surface area contributed by atoms with Gasteiger partial charge in [-0.2, -0.15) is 0 Å². The molecule has 3 N–H and O–H groups in total. The van der Waals surface area contributed by atoms with Gasteiger partial charge in [-0.1, -0.05) is 0 Å². The SMILES string of the molecule is CN(C)[C@@H]1CCN(c2nc(-c3ccc(N4CCOCC4)cc3)nc3[nH]cc(N)c23)C1. The van der Waals surface area contributed by atoms with E-state index < -0.39 is 0 Å². The number of anilines is 3. The summed E-state index contributed by atoms with van der Waals surface area (Å²) >= 11 is 0. The van der Waals surface area contributed by atoms with Crippen LogP contribution in [-0.4, -0.2) is 79.4 Å². The molecule has 0 saturated carbocycles. The van der Waals surface area contributed by atoms with E-state index in [1.165, 1.54) is 5.69 Å². The molecule has 5 rings (SSSR count). The van der Waals surface area contributed by atoms with Crippen LogP contribution in [0.15, 0.2) is 30.5 Å². The first-order valence-corrected chi connectivity index (χ1v) is 10.6. The average Bonchev–Trinajstić information content (AvgIpc) is 3.42. The number of fused-ring (bicyclic) bond motifs is 1. The van der Waals surface area contributed by atoms with Crippen LogP contribution in [0.5, 0.6) is 0 Å². The number of rotatable bonds is 4. The van der Waals surface area contributed by atoms with Crippen molar-refractivity contribution in [3.05, 3.63) is 30.5 Å². The number of nitrogens with two attached hydrogens (primary N) is 1. The first-order chi connectivity index (χ1) is 14.6. The Balaban J connectivity index is 1.49. The minimum absolute atomic E-state index is 0.520. The van der Waals surface area contributed by atoms with Crippen LogP contribution in [-0.2, 0) is 4.74 Å². The summed E-state index contributed by atoms with van der Waals surface area (Å²) in [5.74, 6) is 1.65. The minimum Gasteiger partial charge on any atom is -0.397 e. The number of aromatic nitrogens is 3. The van der Waals surface area contributed by atoms with Crippen molar-refractivity contribution in [3.8, 4) is 11.4 Å². The van der Waals surface area contributed by atoms with E-state index in [4.69, 9.17) is 20.4 Å². The molecular formula is C22H29N7O. The first-order valence-electron chi connectivity index (χ1n) is 10.6. The minimum atomic E-state index is 0.520. The van der Waals surface area contributed by atoms with Crippen LogP contribution in [0.3, 0.4) is 0 Å². The van der Waals surface area contributed by atoms with E-state index in [2.05, 4.69) is 58.0 Å². The van der Waals surface area contributed by atoms with Crippen LogP contribution in [0.25, 0.3) is 22.4 Å². The van der Waals surface area contributed by atoms with Crippen LogP contribution in [0.1, 0.15) is 6.42 Å². The van der Waals surface area contributed by atoms with Crippen LogP contribution < -0.4 is 15.5 Å². The molecule has 0 bridgehead atoms. The molecule has 30 heavy (non-hydrogen) atoms. The third-order valence-electron chi connectivity index (χ3n) is 6.24. The number of likely N-dealkylation sites (N-methyl/N-ethyl adjacent to an activating group) is 1. The zero-order chi connectivity index (χ0) is 20.7. The predicted molar refractivity (Wildman–Crippen MR) is 121 cm³/mol. The molecule has 4 heterocycles. The third kappa shape index (κ3) is 3.46. The van der Waals surface area contributed by atoms with E-state index in [0.29, 0.717) is 11.7 Å². The van der Waals surface area contributed by atoms with Gasteiger partial charge in [-0.05, 0) is 44.8 Å². The molecule has 0 radical (unpaired) electrons. The highest BCUT2D eigenvalue weighted by molar-refractivity contribution is 5.99. The van der Waals surface area contributed by atoms with Crippen LogP contribution in [0.2, 0.25) is 0 Å². The Kier molecular flexibility index (Phi) is 4.96. The lowest BCUT2D eigenvalue weighted by atomic mass is 10.1. The number of hydrogen-bond donors (Lipinski definition) is 2. The maximum atomic E-state index is 6.27. The largest absolute Gasteiger partial charge is 0.397 e. The molecule has 2 aromatic heterocycles. The van der Waals surface area contributed by atoms with Crippen molar-refractivity contribution in [1.82, 2.24) is 19.9 Å². The third-order valence-corrected chi connectivity index (χ3v) is 6.24. The molecule has 8 nitrogen and oxygen atoms in total. The van der Waals surface area contributed by atoms with Crippen molar-refractivity contribution in [2.45, 2.75) is 12.5 Å². The Morgan fingerprint density at radius 1 is 1.07 bits per heavy atom. The fourth-order valence-electron chi connectivity index (χ4n) is 4.39. The Labute approximate surface area is 176 Å². The molecular weight excluding hydrogens is 378 g/mol. The van der Waals surface area contributed by atoms with Gasteiger partial charge in [-0.25, -0.2) is 9.97 Å². The second-order valence-corrected chi connectivity index (χ2v) is 8.34. The number of nitrogen functional groups attached to an aromatic ring is 1. The summed E-state index contributed by atoms with van der Waals surface area (Å²) < 4.78 is 5.46. The molecule has 8 heteroatoms. The topological polar surface area (TPSA) is 86.5 Å². The Bertz CT molecular complexity index is 1020. The second-order valence-electron chi connectivity index (χ2n) is 8.34. The molecule has 158 valence electrons. The molecule has 0 aliphatic carbocycles. The zero-order valence-corrected chi connectivity index (χ0v) is 17.6. The Morgan fingerprint density at radius 3 is 2.53 bits per heavy atom. The Hall–Kier alpha value is -2.84. The van der Waals surface area contributed by atoms with Crippen molar-refractivity contribution in [2.24, 2.45) is 0 Å². The summed E-state index contributed by atoms with van der Waals surface area (Å²) in [7, 11) is 4.27. The first kappa shape index (κ1) is 19.1. The molecule has 2 fully saturated rings. The standard InChI is InChI=1S/C22H29N7O/c1-27(2)17-7-8-29(14-17)22-19-18(23)13-24-21(19)25-20(26-22)15-3-5-16(6-4-15)28-9-11-30-12-10-28/h3-6,13,17H,7-12,14,23H2,1-2H3,(H,24,25,26)/t17-/m1/s1. The predicted octanol–water partition coefficient (Wildman–Crippen LogP) is 2.18. The highest BCUT2D eigenvalue weighted by atomic mass is 16.5. The van der Waals surface area contributed by atoms with E-state index in [-0.39, 0.29) is 0 Å². The fraction of sp³-hybridized carbons (Fsp3) is 0.455. The maximum Gasteiger partial charge on any atom is 0.163 e. The molecule has 3 aromatic rings. The lowest BCUT2D eigenvalue weighted by Gasteiger charge is -2.28. The van der Waals surface area contributed by atoms with Gasteiger partial charge in [0.1, 0.15) is 11.5 Å². The van der Waals surface area contributed by atoms with Crippen LogP contribution >= 0.6 is 0 Å². The molecule has 1 aromatic carbocycles. The van der Waals surface area contributed by atoms with Gasteiger partial charge in [0.05, 0.1) is 24.3 Å². The van der Waals surface area contributed by atoms with Gasteiger partial charge >= 0.3 is 0 Å². The van der Waals surface area contributed by atoms with Crippen LogP contribution in [0.4, 0.5) is 17.2 Å². The summed E-state index contributed by atoms with van der Waals surface area (Å²) in [4.78, 5) is 20.0. The number of hydrogen-bond acceptors (Lipinski definition) is 7. The number of nitrogens with zero attached hydrogens (tertiary/aromatic N) is 5. The molecule has 2 aliphatic heterocycles. The Morgan fingerprint density at radius 2 is 1.83 bits per heavy atom. The van der Waals surface area contributed by atoms with Crippen molar-refractivity contribution in [3.63, 3.8) is 0 Å². The van der Waals surface area contributed by atoms with Gasteiger partial charge in [-0.3, -0.25) is 0 Å². The van der Waals surface area contributed by atoms with Crippen molar-refractivity contribution in [1.29, 1.82) is 0 Å². The van der Waals surface area contributed by atoms with Gasteiger partial charge in [0.25, 0.3) is 0 Å².